The van der Waals surface area contributed by atoms with Gasteiger partial charge in [0.1, 0.15) is 0 Å². The lowest BCUT2D eigenvalue weighted by Crippen LogP contribution is -2.50. The average Bonchev–Trinajstić information content (AvgIpc) is 3.29. The molecule has 7 atom stereocenters. The summed E-state index contributed by atoms with van der Waals surface area (Å²) in [6.45, 7) is 5.08. The van der Waals surface area contributed by atoms with Crippen molar-refractivity contribution in [2.24, 2.45) is 33.6 Å². The van der Waals surface area contributed by atoms with Crippen LogP contribution in [0.4, 0.5) is 5.69 Å². The van der Waals surface area contributed by atoms with E-state index < -0.39 is 0 Å². The molecule has 5 aliphatic rings. The Hall–Kier alpha value is -1.67. The highest BCUT2D eigenvalue weighted by Crippen LogP contribution is 2.66. The van der Waals surface area contributed by atoms with Crippen LogP contribution in [0.1, 0.15) is 70.3 Å². The second-order valence-electron chi connectivity index (χ2n) is 10.8. The van der Waals surface area contributed by atoms with Gasteiger partial charge in [-0.3, -0.25) is 4.99 Å². The van der Waals surface area contributed by atoms with Crippen LogP contribution in [0.3, 0.4) is 0 Å². The Kier molecular flexibility index (Phi) is 3.86. The molecular formula is C27H33NO. The third-order valence-electron chi connectivity index (χ3n) is 9.69. The van der Waals surface area contributed by atoms with Crippen LogP contribution >= 0.6 is 0 Å². The molecular weight excluding hydrogens is 354 g/mol. The van der Waals surface area contributed by atoms with Gasteiger partial charge in [-0.2, -0.15) is 0 Å². The van der Waals surface area contributed by atoms with Gasteiger partial charge >= 0.3 is 0 Å². The van der Waals surface area contributed by atoms with Crippen LogP contribution in [-0.4, -0.2) is 17.4 Å². The lowest BCUT2D eigenvalue weighted by molar-refractivity contribution is -0.0300. The number of allylic oxidation sites excluding steroid dienone is 3. The quantitative estimate of drug-likeness (QED) is 0.560. The van der Waals surface area contributed by atoms with E-state index in [9.17, 15) is 5.11 Å². The average molecular weight is 388 g/mol. The molecule has 1 heterocycles. The molecule has 4 aliphatic carbocycles. The fourth-order valence-corrected chi connectivity index (χ4v) is 8.08. The van der Waals surface area contributed by atoms with Crippen LogP contribution in [0.25, 0.3) is 0 Å². The van der Waals surface area contributed by atoms with E-state index >= 15 is 0 Å². The third-order valence-corrected chi connectivity index (χ3v) is 9.69. The third kappa shape index (κ3) is 2.42. The molecule has 4 unspecified atom stereocenters. The number of fused-ring (bicyclic) bond motifs is 6. The molecule has 1 aromatic rings. The van der Waals surface area contributed by atoms with Gasteiger partial charge in [0.2, 0.25) is 0 Å². The standard InChI is InChI=1S/C27H33NO/c1-26-13-11-18(29)15-17(26)7-8-20-22-9-10-23(27(22,2)14-12-24(20)26)21-16-28-25-6-4-3-5-19(21)25/h3-7,10,16,18,20-22,24,29H,8-9,11-15H2,1-2H3/t18-,20?,21?,22?,24?,26-,27-/m0/s1. The molecule has 2 nitrogen and oxygen atoms in total. The van der Waals surface area contributed by atoms with Gasteiger partial charge in [0.25, 0.3) is 0 Å². The van der Waals surface area contributed by atoms with Crippen LogP contribution < -0.4 is 0 Å². The van der Waals surface area contributed by atoms with Crippen molar-refractivity contribution in [2.45, 2.75) is 70.8 Å². The molecule has 0 saturated heterocycles. The zero-order valence-electron chi connectivity index (χ0n) is 17.8. The minimum Gasteiger partial charge on any atom is -0.393 e. The number of aliphatic hydroxyl groups is 1. The van der Waals surface area contributed by atoms with Crippen LogP contribution in [0.2, 0.25) is 0 Å². The molecule has 6 rings (SSSR count). The Balaban J connectivity index is 1.32. The van der Waals surface area contributed by atoms with E-state index in [0.717, 1.165) is 36.3 Å². The lowest BCUT2D eigenvalue weighted by atomic mass is 9.47. The van der Waals surface area contributed by atoms with Crippen LogP contribution in [0.15, 0.2) is 52.6 Å². The second kappa shape index (κ2) is 6.17. The number of aliphatic imine (C=N–C) groups is 1. The summed E-state index contributed by atoms with van der Waals surface area (Å²) < 4.78 is 0. The first-order valence-electron chi connectivity index (χ1n) is 11.7. The van der Waals surface area contributed by atoms with E-state index in [2.05, 4.69) is 56.5 Å². The molecule has 2 heteroatoms. The molecule has 2 saturated carbocycles. The summed E-state index contributed by atoms with van der Waals surface area (Å²) in [5, 5.41) is 10.2. The zero-order chi connectivity index (χ0) is 19.8. The first-order valence-corrected chi connectivity index (χ1v) is 11.7. The molecule has 0 spiro atoms. The minimum absolute atomic E-state index is 0.110. The van der Waals surface area contributed by atoms with Gasteiger partial charge in [0, 0.05) is 12.1 Å². The summed E-state index contributed by atoms with van der Waals surface area (Å²) in [5.74, 6) is 2.73. The molecule has 1 N–H and O–H groups in total. The highest BCUT2D eigenvalue weighted by molar-refractivity contribution is 5.84. The van der Waals surface area contributed by atoms with E-state index in [-0.39, 0.29) is 6.10 Å². The summed E-state index contributed by atoms with van der Waals surface area (Å²) in [6, 6.07) is 8.70. The normalized spacial score (nSPS) is 45.0. The largest absolute Gasteiger partial charge is 0.393 e. The number of nitrogens with zero attached hydrogens (tertiary/aromatic N) is 1. The molecule has 1 aromatic carbocycles. The first-order chi connectivity index (χ1) is 14.0. The SMILES string of the molecule is C[C@]12CC[C@H](O)CC1=CCC1C2CC[C@]2(C)C(C3C=Nc4ccccc43)=CCC12. The van der Waals surface area contributed by atoms with Crippen molar-refractivity contribution in [1.82, 2.24) is 0 Å². The molecule has 0 aromatic heterocycles. The Labute approximate surface area is 174 Å². The Morgan fingerprint density at radius 2 is 1.79 bits per heavy atom. The van der Waals surface area contributed by atoms with Crippen LogP contribution in [-0.2, 0) is 0 Å². The highest BCUT2D eigenvalue weighted by atomic mass is 16.3. The van der Waals surface area contributed by atoms with E-state index in [1.807, 2.05) is 0 Å². The first kappa shape index (κ1) is 18.1. The molecule has 0 bridgehead atoms. The highest BCUT2D eigenvalue weighted by Gasteiger charge is 2.57. The second-order valence-corrected chi connectivity index (χ2v) is 10.8. The van der Waals surface area contributed by atoms with E-state index in [1.54, 1.807) is 11.1 Å². The number of hydrogen-bond acceptors (Lipinski definition) is 2. The fourth-order valence-electron chi connectivity index (χ4n) is 8.08. The predicted octanol–water partition coefficient (Wildman–Crippen LogP) is 6.35. The molecule has 0 radical (unpaired) electrons. The van der Waals surface area contributed by atoms with Gasteiger partial charge in [-0.25, -0.2) is 0 Å². The van der Waals surface area contributed by atoms with Crippen molar-refractivity contribution < 1.29 is 5.11 Å². The lowest BCUT2D eigenvalue weighted by Gasteiger charge is -2.58. The van der Waals surface area contributed by atoms with E-state index in [1.165, 1.54) is 37.7 Å². The molecule has 1 aliphatic heterocycles. The molecule has 152 valence electrons. The van der Waals surface area contributed by atoms with Crippen LogP contribution in [0, 0.1) is 28.6 Å². The van der Waals surface area contributed by atoms with Gasteiger partial charge in [0.05, 0.1) is 11.8 Å². The Morgan fingerprint density at radius 3 is 2.69 bits per heavy atom. The van der Waals surface area contributed by atoms with Gasteiger partial charge in [-0.05, 0) is 85.2 Å². The zero-order valence-corrected chi connectivity index (χ0v) is 17.8. The van der Waals surface area contributed by atoms with E-state index in [4.69, 9.17) is 4.99 Å². The van der Waals surface area contributed by atoms with Gasteiger partial charge in [-0.1, -0.05) is 55.3 Å². The predicted molar refractivity (Wildman–Crippen MR) is 119 cm³/mol. The monoisotopic (exact) mass is 387 g/mol. The van der Waals surface area contributed by atoms with Gasteiger partial charge in [-0.15, -0.1) is 0 Å². The summed E-state index contributed by atoms with van der Waals surface area (Å²) in [4.78, 5) is 4.75. The molecule has 29 heavy (non-hydrogen) atoms. The number of benzene rings is 1. The number of para-hydroxylation sites is 1. The summed E-state index contributed by atoms with van der Waals surface area (Å²) >= 11 is 0. The topological polar surface area (TPSA) is 32.6 Å². The minimum atomic E-state index is -0.110. The summed E-state index contributed by atoms with van der Waals surface area (Å²) in [6.07, 6.45) is 15.4. The van der Waals surface area contributed by atoms with Crippen LogP contribution in [0.5, 0.6) is 0 Å². The van der Waals surface area contributed by atoms with Crippen molar-refractivity contribution in [1.29, 1.82) is 0 Å². The van der Waals surface area contributed by atoms with Crippen molar-refractivity contribution in [3.63, 3.8) is 0 Å². The maximum absolute atomic E-state index is 10.2. The summed E-state index contributed by atoms with van der Waals surface area (Å²) in [5.41, 5.74) is 6.43. The van der Waals surface area contributed by atoms with Crippen molar-refractivity contribution >= 4 is 11.9 Å². The summed E-state index contributed by atoms with van der Waals surface area (Å²) in [7, 11) is 0. The van der Waals surface area contributed by atoms with Gasteiger partial charge < -0.3 is 5.11 Å². The maximum Gasteiger partial charge on any atom is 0.0667 e. The van der Waals surface area contributed by atoms with Crippen molar-refractivity contribution in [3.8, 4) is 0 Å². The van der Waals surface area contributed by atoms with E-state index in [0.29, 0.717) is 16.7 Å². The van der Waals surface area contributed by atoms with Crippen molar-refractivity contribution in [2.75, 3.05) is 0 Å². The smallest absolute Gasteiger partial charge is 0.0667 e. The Morgan fingerprint density at radius 1 is 0.966 bits per heavy atom. The number of hydrogen-bond donors (Lipinski definition) is 1. The van der Waals surface area contributed by atoms with Gasteiger partial charge in [0.15, 0.2) is 0 Å². The Bertz CT molecular complexity index is 942. The fraction of sp³-hybridized carbons (Fsp3) is 0.593. The number of rotatable bonds is 1. The van der Waals surface area contributed by atoms with Crippen molar-refractivity contribution in [3.05, 3.63) is 53.1 Å². The maximum atomic E-state index is 10.2. The molecule has 2 fully saturated rings. The molecule has 0 amide bonds. The number of aliphatic hydroxyl groups excluding tert-OH is 1.